The zero-order valence-corrected chi connectivity index (χ0v) is 13.5. The Hall–Kier alpha value is -2.51. The van der Waals surface area contributed by atoms with Gasteiger partial charge >= 0.3 is 6.36 Å². The topological polar surface area (TPSA) is 83.5 Å². The number of furan rings is 1. The van der Waals surface area contributed by atoms with Crippen LogP contribution in [0.5, 0.6) is 5.75 Å². The van der Waals surface area contributed by atoms with Crippen molar-refractivity contribution in [1.82, 2.24) is 4.31 Å². The molecule has 1 heterocycles. The van der Waals surface area contributed by atoms with Crippen LogP contribution in [0, 0.1) is 11.3 Å². The third-order valence-corrected chi connectivity index (χ3v) is 4.96. The quantitative estimate of drug-likeness (QED) is 0.743. The Morgan fingerprint density at radius 1 is 1.20 bits per heavy atom. The van der Waals surface area contributed by atoms with E-state index in [1.807, 2.05) is 0 Å². The Bertz CT molecular complexity index is 842. The Balaban J connectivity index is 2.41. The second-order valence-corrected chi connectivity index (χ2v) is 6.73. The number of ether oxygens (including phenoxy) is 1. The van der Waals surface area contributed by atoms with Crippen LogP contribution >= 0.6 is 0 Å². The molecular weight excluding hydrogens is 361 g/mol. The molecule has 0 spiro atoms. The number of halogens is 3. The van der Waals surface area contributed by atoms with Gasteiger partial charge in [-0.05, 0) is 24.3 Å². The number of hydrogen-bond donors (Lipinski definition) is 0. The van der Waals surface area contributed by atoms with Crippen molar-refractivity contribution < 1.29 is 30.7 Å². The van der Waals surface area contributed by atoms with E-state index < -0.39 is 27.0 Å². The molecule has 25 heavy (non-hydrogen) atoms. The van der Waals surface area contributed by atoms with Crippen LogP contribution in [0.1, 0.15) is 12.2 Å². The lowest BCUT2D eigenvalue weighted by Crippen LogP contribution is -2.32. The number of sulfonamides is 1. The fourth-order valence-electron chi connectivity index (χ4n) is 2.05. The highest BCUT2D eigenvalue weighted by molar-refractivity contribution is 7.89. The van der Waals surface area contributed by atoms with E-state index in [-0.39, 0.29) is 25.3 Å². The van der Waals surface area contributed by atoms with Crippen molar-refractivity contribution in [3.05, 3.63) is 48.4 Å². The molecule has 0 saturated carbocycles. The first-order valence-electron chi connectivity index (χ1n) is 6.98. The first kappa shape index (κ1) is 18.8. The lowest BCUT2D eigenvalue weighted by atomic mass is 10.3. The number of alkyl halides is 3. The Morgan fingerprint density at radius 3 is 2.52 bits per heavy atom. The highest BCUT2D eigenvalue weighted by atomic mass is 32.2. The monoisotopic (exact) mass is 374 g/mol. The van der Waals surface area contributed by atoms with Gasteiger partial charge in [0.25, 0.3) is 0 Å². The lowest BCUT2D eigenvalue weighted by molar-refractivity contribution is -0.275. The zero-order chi connectivity index (χ0) is 18.5. The van der Waals surface area contributed by atoms with Crippen LogP contribution in [0.3, 0.4) is 0 Å². The van der Waals surface area contributed by atoms with Crippen molar-refractivity contribution in [2.24, 2.45) is 0 Å². The lowest BCUT2D eigenvalue weighted by Gasteiger charge is -2.22. The first-order chi connectivity index (χ1) is 11.7. The molecule has 2 rings (SSSR count). The fourth-order valence-corrected chi connectivity index (χ4v) is 3.57. The smallest absolute Gasteiger partial charge is 0.468 e. The molecule has 0 atom stereocenters. The largest absolute Gasteiger partial charge is 0.573 e. The Morgan fingerprint density at radius 2 is 1.92 bits per heavy atom. The summed E-state index contributed by atoms with van der Waals surface area (Å²) < 4.78 is 73.0. The molecule has 0 saturated heterocycles. The molecule has 2 aromatic rings. The minimum Gasteiger partial charge on any atom is -0.468 e. The van der Waals surface area contributed by atoms with E-state index in [1.165, 1.54) is 24.5 Å². The fraction of sp³-hybridized carbons (Fsp3) is 0.267. The van der Waals surface area contributed by atoms with Crippen LogP contribution in [0.4, 0.5) is 13.2 Å². The number of hydrogen-bond acceptors (Lipinski definition) is 5. The van der Waals surface area contributed by atoms with Gasteiger partial charge in [0, 0.05) is 13.0 Å². The second-order valence-electron chi connectivity index (χ2n) is 4.82. The number of nitriles is 1. The van der Waals surface area contributed by atoms with E-state index in [4.69, 9.17) is 9.68 Å². The molecule has 0 unspecified atom stereocenters. The zero-order valence-electron chi connectivity index (χ0n) is 12.7. The van der Waals surface area contributed by atoms with Gasteiger partial charge in [0.2, 0.25) is 10.0 Å². The van der Waals surface area contributed by atoms with Crippen molar-refractivity contribution >= 4 is 10.0 Å². The summed E-state index contributed by atoms with van der Waals surface area (Å²) in [7, 11) is -4.36. The van der Waals surface area contributed by atoms with Gasteiger partial charge in [-0.2, -0.15) is 9.57 Å². The normalized spacial score (nSPS) is 12.1. The van der Waals surface area contributed by atoms with Gasteiger partial charge in [0.15, 0.2) is 0 Å². The molecule has 0 aliphatic heterocycles. The van der Waals surface area contributed by atoms with Gasteiger partial charge in [0.1, 0.15) is 16.4 Å². The van der Waals surface area contributed by atoms with Crippen molar-refractivity contribution in [1.29, 1.82) is 5.26 Å². The van der Waals surface area contributed by atoms with Crippen LogP contribution in [0.25, 0.3) is 0 Å². The second kappa shape index (κ2) is 7.58. The van der Waals surface area contributed by atoms with Crippen LogP contribution in [0.15, 0.2) is 52.0 Å². The molecule has 0 fully saturated rings. The molecule has 0 bridgehead atoms. The SMILES string of the molecule is N#CCCN(Cc1ccco1)S(=O)(=O)c1ccccc1OC(F)(F)F. The third kappa shape index (κ3) is 4.98. The average Bonchev–Trinajstić information content (AvgIpc) is 3.03. The van der Waals surface area contributed by atoms with Gasteiger partial charge in [-0.25, -0.2) is 8.42 Å². The Labute approximate surface area is 142 Å². The maximum atomic E-state index is 12.8. The summed E-state index contributed by atoms with van der Waals surface area (Å²) in [5.41, 5.74) is 0. The van der Waals surface area contributed by atoms with Crippen LogP contribution < -0.4 is 4.74 Å². The van der Waals surface area contributed by atoms with Crippen LogP contribution in [-0.4, -0.2) is 25.6 Å². The Kier molecular flexibility index (Phi) is 5.71. The summed E-state index contributed by atoms with van der Waals surface area (Å²) in [6.07, 6.45) is -3.84. The van der Waals surface area contributed by atoms with E-state index in [0.717, 1.165) is 16.4 Å². The predicted molar refractivity (Wildman–Crippen MR) is 79.7 cm³/mol. The van der Waals surface area contributed by atoms with Gasteiger partial charge in [0.05, 0.1) is 18.9 Å². The summed E-state index contributed by atoms with van der Waals surface area (Å²) in [6.45, 7) is -0.433. The van der Waals surface area contributed by atoms with E-state index in [2.05, 4.69) is 4.74 Å². The molecule has 0 N–H and O–H groups in total. The number of benzene rings is 1. The minimum absolute atomic E-state index is 0.137. The summed E-state index contributed by atoms with van der Waals surface area (Å²) in [4.78, 5) is -0.642. The first-order valence-corrected chi connectivity index (χ1v) is 8.42. The number of rotatable bonds is 7. The van der Waals surface area contributed by atoms with E-state index in [0.29, 0.717) is 0 Å². The maximum absolute atomic E-state index is 12.8. The van der Waals surface area contributed by atoms with Crippen molar-refractivity contribution in [3.8, 4) is 11.8 Å². The van der Waals surface area contributed by atoms with Crippen molar-refractivity contribution in [2.45, 2.75) is 24.2 Å². The van der Waals surface area contributed by atoms with Crippen LogP contribution in [-0.2, 0) is 16.6 Å². The molecule has 0 aliphatic rings. The van der Waals surface area contributed by atoms with Gasteiger partial charge in [-0.1, -0.05) is 12.1 Å². The minimum atomic E-state index is -5.04. The summed E-state index contributed by atoms with van der Waals surface area (Å²) in [6, 6.07) is 9.31. The molecule has 6 nitrogen and oxygen atoms in total. The summed E-state index contributed by atoms with van der Waals surface area (Å²) in [5, 5.41) is 8.72. The van der Waals surface area contributed by atoms with E-state index in [1.54, 1.807) is 12.1 Å². The highest BCUT2D eigenvalue weighted by Crippen LogP contribution is 2.31. The van der Waals surface area contributed by atoms with Crippen molar-refractivity contribution in [2.75, 3.05) is 6.54 Å². The highest BCUT2D eigenvalue weighted by Gasteiger charge is 2.35. The summed E-state index contributed by atoms with van der Waals surface area (Å²) >= 11 is 0. The molecule has 0 radical (unpaired) electrons. The molecular formula is C15H13F3N2O4S. The van der Waals surface area contributed by atoms with Crippen LogP contribution in [0.2, 0.25) is 0 Å². The van der Waals surface area contributed by atoms with E-state index >= 15 is 0 Å². The number of nitrogens with zero attached hydrogens (tertiary/aromatic N) is 2. The van der Waals surface area contributed by atoms with Crippen molar-refractivity contribution in [3.63, 3.8) is 0 Å². The average molecular weight is 374 g/mol. The van der Waals surface area contributed by atoms with Gasteiger partial charge in [-0.15, -0.1) is 13.2 Å². The number of para-hydroxylation sites is 1. The standard InChI is InChI=1S/C15H13F3N2O4S/c16-15(17,18)24-13-6-1-2-7-14(13)25(21,22)20(9-4-8-19)11-12-5-3-10-23-12/h1-3,5-7,10H,4,9,11H2. The van der Waals surface area contributed by atoms with Gasteiger partial charge < -0.3 is 9.15 Å². The van der Waals surface area contributed by atoms with Gasteiger partial charge in [-0.3, -0.25) is 0 Å². The molecule has 134 valence electrons. The predicted octanol–water partition coefficient (Wildman–Crippen LogP) is 3.28. The molecule has 1 aromatic heterocycles. The van der Waals surface area contributed by atoms with E-state index in [9.17, 15) is 21.6 Å². The molecule has 10 heteroatoms. The molecule has 1 aromatic carbocycles. The maximum Gasteiger partial charge on any atom is 0.573 e. The summed E-state index contributed by atoms with van der Waals surface area (Å²) in [5.74, 6) is -0.549. The molecule has 0 amide bonds. The third-order valence-electron chi connectivity index (χ3n) is 3.08. The molecule has 0 aliphatic carbocycles.